The van der Waals surface area contributed by atoms with Gasteiger partial charge in [-0.05, 0) is 43.4 Å². The highest BCUT2D eigenvalue weighted by molar-refractivity contribution is 6.20. The molecule has 3 atom stereocenters. The lowest BCUT2D eigenvalue weighted by Crippen LogP contribution is -2.70. The zero-order valence-corrected chi connectivity index (χ0v) is 22.0. The van der Waals surface area contributed by atoms with E-state index in [1.807, 2.05) is 0 Å². The van der Waals surface area contributed by atoms with Crippen LogP contribution < -0.4 is 5.32 Å². The molecular formula is C23H25N5O15. The molecule has 0 saturated carbocycles. The number of alkyl carbamates (subject to hydrolysis) is 1. The number of non-ortho nitro benzene ring substituents is 1. The summed E-state index contributed by atoms with van der Waals surface area (Å²) in [7, 11) is 0. The third-order valence-electron chi connectivity index (χ3n) is 6.08. The van der Waals surface area contributed by atoms with Crippen molar-refractivity contribution in [2.75, 3.05) is 6.54 Å². The van der Waals surface area contributed by atoms with Crippen LogP contribution in [0.1, 0.15) is 37.7 Å². The van der Waals surface area contributed by atoms with E-state index >= 15 is 0 Å². The van der Waals surface area contributed by atoms with E-state index in [9.17, 15) is 64.0 Å². The molecule has 0 radical (unpaired) electrons. The van der Waals surface area contributed by atoms with Gasteiger partial charge in [0.15, 0.2) is 0 Å². The fraction of sp³-hybridized carbons (Fsp3) is 0.435. The van der Waals surface area contributed by atoms with Crippen LogP contribution in [0.25, 0.3) is 0 Å². The average molecular weight is 611 g/mol. The van der Waals surface area contributed by atoms with Gasteiger partial charge in [-0.15, -0.1) is 0 Å². The molecule has 1 saturated heterocycles. The van der Waals surface area contributed by atoms with Crippen molar-refractivity contribution >= 4 is 47.5 Å². The van der Waals surface area contributed by atoms with Crippen molar-refractivity contribution in [3.05, 3.63) is 50.1 Å². The summed E-state index contributed by atoms with van der Waals surface area (Å²) in [6.07, 6.45) is -3.22. The van der Waals surface area contributed by atoms with Gasteiger partial charge in [0, 0.05) is 30.0 Å². The van der Waals surface area contributed by atoms with Gasteiger partial charge in [0.05, 0.1) is 4.92 Å². The molecule has 0 aliphatic carbocycles. The van der Waals surface area contributed by atoms with Gasteiger partial charge in [0.1, 0.15) is 18.7 Å². The summed E-state index contributed by atoms with van der Waals surface area (Å²) < 4.78 is 4.95. The van der Waals surface area contributed by atoms with Crippen molar-refractivity contribution in [2.24, 2.45) is 0 Å². The quantitative estimate of drug-likeness (QED) is 0.0839. The Labute approximate surface area is 240 Å². The van der Waals surface area contributed by atoms with Gasteiger partial charge in [-0.1, -0.05) is 0 Å². The number of carboxylic acid groups (broad SMARTS) is 3. The molecule has 1 fully saturated rings. The standard InChI is InChI=1S/C23H25N5O15/c29-16(30)9-8-15(21(35)36)26-19(32)17(28(41)42)18(31)25(23(26)38)14(20(33)34)3-1-2-10-24-22(37)43-11-12-4-6-13(7-5-12)27(39)40/h4-7,14-15,17H,1-3,8-11H2,(H,24,37)(H,29,30)(H,33,34)(H,35,36). The Morgan fingerprint density at radius 1 is 0.884 bits per heavy atom. The summed E-state index contributed by atoms with van der Waals surface area (Å²) in [4.78, 5) is 105. The van der Waals surface area contributed by atoms with Crippen molar-refractivity contribution in [1.82, 2.24) is 15.1 Å². The number of nitrogens with zero attached hydrogens (tertiary/aromatic N) is 4. The molecule has 4 N–H and O–H groups in total. The van der Waals surface area contributed by atoms with E-state index in [1.54, 1.807) is 0 Å². The SMILES string of the molecule is O=C(O)CCC(C(=O)O)N1C(=O)C([N+](=O)[O-])C(=O)N(C(CCCCNC(=O)OCc2ccc([N+](=O)[O-])cc2)C(=O)O)C1=O. The van der Waals surface area contributed by atoms with Crippen molar-refractivity contribution in [3.8, 4) is 0 Å². The summed E-state index contributed by atoms with van der Waals surface area (Å²) >= 11 is 0. The number of carbonyl (C=O) groups is 7. The third-order valence-corrected chi connectivity index (χ3v) is 6.08. The van der Waals surface area contributed by atoms with Crippen LogP contribution in [0.3, 0.4) is 0 Å². The van der Waals surface area contributed by atoms with Gasteiger partial charge in [0.25, 0.3) is 5.69 Å². The number of carboxylic acids is 3. The predicted octanol–water partition coefficient (Wildman–Crippen LogP) is 0.199. The Morgan fingerprint density at radius 2 is 1.42 bits per heavy atom. The normalized spacial score (nSPS) is 16.3. The number of ether oxygens (including phenoxy) is 1. The van der Waals surface area contributed by atoms with Crippen LogP contribution in [0.15, 0.2) is 24.3 Å². The molecule has 5 amide bonds. The molecule has 1 aliphatic heterocycles. The van der Waals surface area contributed by atoms with E-state index in [1.165, 1.54) is 24.3 Å². The molecule has 43 heavy (non-hydrogen) atoms. The molecule has 20 nitrogen and oxygen atoms in total. The number of nitro groups is 2. The number of aliphatic carboxylic acids is 3. The van der Waals surface area contributed by atoms with E-state index in [0.29, 0.717) is 5.56 Å². The van der Waals surface area contributed by atoms with Gasteiger partial charge in [-0.25, -0.2) is 29.0 Å². The minimum atomic E-state index is -2.85. The monoisotopic (exact) mass is 611 g/mol. The number of hydrogen-bond acceptors (Lipinski definition) is 12. The number of urea groups is 1. The molecule has 0 aromatic heterocycles. The molecule has 1 aromatic rings. The minimum absolute atomic E-state index is 0.0459. The lowest BCUT2D eigenvalue weighted by atomic mass is 10.0. The lowest BCUT2D eigenvalue weighted by molar-refractivity contribution is -0.497. The molecule has 0 bridgehead atoms. The van der Waals surface area contributed by atoms with Crippen LogP contribution in [0.2, 0.25) is 0 Å². The van der Waals surface area contributed by atoms with Gasteiger partial charge in [-0.3, -0.25) is 34.6 Å². The molecule has 2 rings (SSSR count). The zero-order valence-electron chi connectivity index (χ0n) is 22.0. The van der Waals surface area contributed by atoms with Crippen molar-refractivity contribution in [3.63, 3.8) is 0 Å². The first-order valence-electron chi connectivity index (χ1n) is 12.3. The molecular weight excluding hydrogens is 586 g/mol. The topological polar surface area (TPSA) is 294 Å². The molecule has 20 heteroatoms. The van der Waals surface area contributed by atoms with Gasteiger partial charge in [0.2, 0.25) is 0 Å². The van der Waals surface area contributed by atoms with E-state index in [0.717, 1.165) is 0 Å². The lowest BCUT2D eigenvalue weighted by Gasteiger charge is -2.38. The number of rotatable bonds is 16. The number of nitro benzene ring substituents is 1. The highest BCUT2D eigenvalue weighted by Gasteiger charge is 2.58. The highest BCUT2D eigenvalue weighted by atomic mass is 16.6. The predicted molar refractivity (Wildman–Crippen MR) is 135 cm³/mol. The fourth-order valence-corrected chi connectivity index (χ4v) is 3.98. The maximum absolute atomic E-state index is 13.1. The summed E-state index contributed by atoms with van der Waals surface area (Å²) in [6.45, 7) is -0.313. The fourth-order valence-electron chi connectivity index (χ4n) is 3.98. The molecule has 1 aliphatic rings. The second kappa shape index (κ2) is 14.8. The van der Waals surface area contributed by atoms with Crippen LogP contribution in [0, 0.1) is 20.2 Å². The van der Waals surface area contributed by atoms with Crippen LogP contribution in [-0.2, 0) is 35.3 Å². The van der Waals surface area contributed by atoms with Crippen LogP contribution in [0.4, 0.5) is 15.3 Å². The number of nitrogens with one attached hydrogen (secondary N) is 1. The molecule has 1 heterocycles. The van der Waals surface area contributed by atoms with Crippen LogP contribution >= 0.6 is 0 Å². The van der Waals surface area contributed by atoms with Crippen molar-refractivity contribution < 1.29 is 63.5 Å². The van der Waals surface area contributed by atoms with Crippen LogP contribution in [-0.4, -0.2) is 101 Å². The number of unbranched alkanes of at least 4 members (excludes halogenated alkanes) is 1. The largest absolute Gasteiger partial charge is 0.481 e. The van der Waals surface area contributed by atoms with E-state index in [-0.39, 0.29) is 41.5 Å². The number of amides is 5. The van der Waals surface area contributed by atoms with E-state index < -0.39 is 89.1 Å². The van der Waals surface area contributed by atoms with Crippen LogP contribution in [0.5, 0.6) is 0 Å². The molecule has 232 valence electrons. The average Bonchev–Trinajstić information content (AvgIpc) is 2.91. The summed E-state index contributed by atoms with van der Waals surface area (Å²) in [5.41, 5.74) is 0.295. The van der Waals surface area contributed by atoms with Gasteiger partial charge < -0.3 is 25.4 Å². The van der Waals surface area contributed by atoms with Gasteiger partial charge in [-0.2, -0.15) is 0 Å². The Morgan fingerprint density at radius 3 is 1.88 bits per heavy atom. The number of benzene rings is 1. The number of carbonyl (C=O) groups excluding carboxylic acids is 4. The Bertz CT molecular complexity index is 1310. The second-order valence-electron chi connectivity index (χ2n) is 8.95. The Kier molecular flexibility index (Phi) is 11.5. The summed E-state index contributed by atoms with van der Waals surface area (Å²) in [6, 6.07) is -3.76. The first-order valence-corrected chi connectivity index (χ1v) is 12.3. The molecule has 0 spiro atoms. The van der Waals surface area contributed by atoms with Crippen molar-refractivity contribution in [1.29, 1.82) is 0 Å². The summed E-state index contributed by atoms with van der Waals surface area (Å²) in [5, 5.41) is 52.6. The minimum Gasteiger partial charge on any atom is -0.481 e. The molecule has 3 unspecified atom stereocenters. The van der Waals surface area contributed by atoms with E-state index in [4.69, 9.17) is 9.84 Å². The summed E-state index contributed by atoms with van der Waals surface area (Å²) in [5.74, 6) is -8.91. The van der Waals surface area contributed by atoms with Crippen molar-refractivity contribution in [2.45, 2.75) is 56.8 Å². The number of imide groups is 2. The first-order chi connectivity index (χ1) is 20.2. The molecule has 1 aromatic carbocycles. The smallest absolute Gasteiger partial charge is 0.407 e. The first kappa shape index (κ1) is 33.5. The van der Waals surface area contributed by atoms with E-state index in [2.05, 4.69) is 5.32 Å². The third kappa shape index (κ3) is 8.65. The van der Waals surface area contributed by atoms with Gasteiger partial charge >= 0.3 is 47.9 Å². The maximum Gasteiger partial charge on any atom is 0.407 e. The Balaban J connectivity index is 2.06. The second-order valence-corrected chi connectivity index (χ2v) is 8.95. The number of hydrogen-bond donors (Lipinski definition) is 4. The zero-order chi connectivity index (χ0) is 32.4. The maximum atomic E-state index is 13.1. The number of barbiturate groups is 1. The highest BCUT2D eigenvalue weighted by Crippen LogP contribution is 2.24. The Hall–Kier alpha value is -5.69.